The van der Waals surface area contributed by atoms with Gasteiger partial charge in [0.15, 0.2) is 0 Å². The lowest BCUT2D eigenvalue weighted by atomic mass is 10.0. The Morgan fingerprint density at radius 2 is 1.76 bits per heavy atom. The fourth-order valence-corrected chi connectivity index (χ4v) is 4.73. The van der Waals surface area contributed by atoms with E-state index in [1.807, 2.05) is 56.3 Å². The van der Waals surface area contributed by atoms with E-state index in [0.717, 1.165) is 33.8 Å². The lowest BCUT2D eigenvalue weighted by Crippen LogP contribution is -2.38. The number of aromatic nitrogens is 1. The van der Waals surface area contributed by atoms with Crippen LogP contribution in [0.3, 0.4) is 0 Å². The van der Waals surface area contributed by atoms with E-state index in [0.29, 0.717) is 17.3 Å². The molecule has 0 saturated carbocycles. The van der Waals surface area contributed by atoms with Crippen molar-refractivity contribution in [1.82, 2.24) is 9.47 Å². The molecule has 0 radical (unpaired) electrons. The number of nitrogens with one attached hydrogen (secondary N) is 1. The highest BCUT2D eigenvalue weighted by Crippen LogP contribution is 2.37. The number of rotatable bonds is 3. The van der Waals surface area contributed by atoms with Gasteiger partial charge in [-0.3, -0.25) is 0 Å². The van der Waals surface area contributed by atoms with Crippen molar-refractivity contribution in [2.75, 3.05) is 24.3 Å². The first kappa shape index (κ1) is 22.1. The van der Waals surface area contributed by atoms with Gasteiger partial charge >= 0.3 is 6.03 Å². The predicted octanol–water partition coefficient (Wildman–Crippen LogP) is 6.64. The van der Waals surface area contributed by atoms with Gasteiger partial charge in [-0.1, -0.05) is 48.0 Å². The normalized spacial score (nSPS) is 14.7. The van der Waals surface area contributed by atoms with Crippen molar-refractivity contribution in [3.63, 3.8) is 0 Å². The predicted molar refractivity (Wildman–Crippen MR) is 139 cm³/mol. The molecule has 2 amide bonds. The van der Waals surface area contributed by atoms with Gasteiger partial charge in [0.1, 0.15) is 0 Å². The van der Waals surface area contributed by atoms with Crippen molar-refractivity contribution < 1.29 is 4.79 Å². The maximum absolute atomic E-state index is 13.8. The molecular formula is C28H27ClN4O. The van der Waals surface area contributed by atoms with Gasteiger partial charge in [-0.15, -0.1) is 0 Å². The number of fused-ring (bicyclic) bond motifs is 3. The van der Waals surface area contributed by atoms with Crippen molar-refractivity contribution >= 4 is 29.0 Å². The van der Waals surface area contributed by atoms with Crippen LogP contribution >= 0.6 is 11.6 Å². The Labute approximate surface area is 205 Å². The average Bonchev–Trinajstić information content (AvgIpc) is 3.25. The Hall–Kier alpha value is -3.70. The molecule has 2 heterocycles. The number of aryl methyl sites for hydroxylation is 1. The largest absolute Gasteiger partial charge is 0.378 e. The van der Waals surface area contributed by atoms with Crippen molar-refractivity contribution in [2.45, 2.75) is 19.5 Å². The van der Waals surface area contributed by atoms with Gasteiger partial charge < -0.3 is 19.7 Å². The van der Waals surface area contributed by atoms with E-state index in [9.17, 15) is 4.79 Å². The van der Waals surface area contributed by atoms with Crippen molar-refractivity contribution in [2.24, 2.45) is 0 Å². The van der Waals surface area contributed by atoms with Gasteiger partial charge in [-0.05, 0) is 66.1 Å². The minimum atomic E-state index is -0.266. The third-order valence-corrected chi connectivity index (χ3v) is 6.63. The molecule has 5 nitrogen and oxygen atoms in total. The van der Waals surface area contributed by atoms with Gasteiger partial charge in [0, 0.05) is 42.4 Å². The molecule has 34 heavy (non-hydrogen) atoms. The zero-order chi connectivity index (χ0) is 23.8. The van der Waals surface area contributed by atoms with Crippen LogP contribution in [0.5, 0.6) is 0 Å². The molecular weight excluding hydrogens is 444 g/mol. The summed E-state index contributed by atoms with van der Waals surface area (Å²) in [5.41, 5.74) is 7.06. The molecule has 0 spiro atoms. The summed E-state index contributed by atoms with van der Waals surface area (Å²) < 4.78 is 2.19. The maximum atomic E-state index is 13.8. The summed E-state index contributed by atoms with van der Waals surface area (Å²) in [4.78, 5) is 17.8. The smallest absolute Gasteiger partial charge is 0.322 e. The van der Waals surface area contributed by atoms with Crippen LogP contribution in [0.15, 0.2) is 85.1 Å². The summed E-state index contributed by atoms with van der Waals surface area (Å²) >= 11 is 6.22. The third-order valence-electron chi connectivity index (χ3n) is 6.39. The number of carbonyl (C=O) groups excluding carboxylic acids is 1. The van der Waals surface area contributed by atoms with Crippen LogP contribution in [0.4, 0.5) is 16.2 Å². The molecule has 1 atom stereocenters. The minimum absolute atomic E-state index is 0.170. The molecule has 1 aliphatic rings. The van der Waals surface area contributed by atoms with E-state index in [1.54, 1.807) is 6.07 Å². The fraction of sp³-hybridized carbons (Fsp3) is 0.179. The molecule has 172 valence electrons. The van der Waals surface area contributed by atoms with Crippen LogP contribution in [-0.4, -0.2) is 29.6 Å². The van der Waals surface area contributed by atoms with E-state index in [-0.39, 0.29) is 12.1 Å². The molecule has 1 N–H and O–H groups in total. The monoisotopic (exact) mass is 470 g/mol. The van der Waals surface area contributed by atoms with Crippen LogP contribution in [0.2, 0.25) is 5.02 Å². The van der Waals surface area contributed by atoms with Crippen LogP contribution in [0.25, 0.3) is 5.69 Å². The lowest BCUT2D eigenvalue weighted by Gasteiger charge is -2.31. The topological polar surface area (TPSA) is 40.5 Å². The van der Waals surface area contributed by atoms with E-state index >= 15 is 0 Å². The molecule has 0 fully saturated rings. The number of hydrogen-bond acceptors (Lipinski definition) is 2. The van der Waals surface area contributed by atoms with Gasteiger partial charge in [-0.25, -0.2) is 4.79 Å². The minimum Gasteiger partial charge on any atom is -0.378 e. The van der Waals surface area contributed by atoms with Gasteiger partial charge in [-0.2, -0.15) is 0 Å². The summed E-state index contributed by atoms with van der Waals surface area (Å²) in [6.07, 6.45) is 2.07. The van der Waals surface area contributed by atoms with Gasteiger partial charge in [0.05, 0.1) is 18.3 Å². The number of carbonyl (C=O) groups is 1. The molecule has 4 aromatic rings. The Morgan fingerprint density at radius 3 is 2.53 bits per heavy atom. The molecule has 0 bridgehead atoms. The van der Waals surface area contributed by atoms with Crippen LogP contribution < -0.4 is 10.2 Å². The number of anilines is 2. The first-order valence-corrected chi connectivity index (χ1v) is 11.7. The number of benzene rings is 3. The zero-order valence-electron chi connectivity index (χ0n) is 19.5. The average molecular weight is 471 g/mol. The highest BCUT2D eigenvalue weighted by Gasteiger charge is 2.33. The molecule has 1 aliphatic heterocycles. The second kappa shape index (κ2) is 8.92. The zero-order valence-corrected chi connectivity index (χ0v) is 20.3. The number of hydrogen-bond donors (Lipinski definition) is 1. The van der Waals surface area contributed by atoms with E-state index in [2.05, 4.69) is 63.4 Å². The molecule has 6 heteroatoms. The highest BCUT2D eigenvalue weighted by molar-refractivity contribution is 6.31. The van der Waals surface area contributed by atoms with E-state index in [4.69, 9.17) is 11.6 Å². The van der Waals surface area contributed by atoms with Gasteiger partial charge in [0.25, 0.3) is 0 Å². The Balaban J connectivity index is 1.62. The second-order valence-electron chi connectivity index (χ2n) is 8.84. The Bertz CT molecular complexity index is 1340. The lowest BCUT2D eigenvalue weighted by molar-refractivity contribution is 0.194. The number of nitrogens with zero attached hydrogens (tertiary/aromatic N) is 3. The summed E-state index contributed by atoms with van der Waals surface area (Å²) in [7, 11) is 4.05. The quantitative estimate of drug-likeness (QED) is 0.364. The van der Waals surface area contributed by atoms with Crippen LogP contribution in [0.1, 0.15) is 28.4 Å². The summed E-state index contributed by atoms with van der Waals surface area (Å²) in [5, 5.41) is 3.71. The number of para-hydroxylation sites is 1. The SMILES string of the molecule is Cc1ccc(Cl)cc1NC(=O)N1Cc2ccccc2-n2cccc2[C@H]1c1ccc(N(C)C)cc1. The van der Waals surface area contributed by atoms with Crippen molar-refractivity contribution in [3.8, 4) is 5.69 Å². The summed E-state index contributed by atoms with van der Waals surface area (Å²) in [5.74, 6) is 0. The van der Waals surface area contributed by atoms with E-state index < -0.39 is 0 Å². The number of urea groups is 1. The standard InChI is InChI=1S/C28H27ClN4O/c1-19-10-13-22(29)17-24(19)30-28(34)33-18-21-7-4-5-8-25(21)32-16-6-9-26(32)27(33)20-11-14-23(15-12-20)31(2)3/h4-17,27H,18H2,1-3H3,(H,30,34)/t27-/m1/s1. The number of halogens is 1. The van der Waals surface area contributed by atoms with Crippen LogP contribution in [0, 0.1) is 6.92 Å². The summed E-state index contributed by atoms with van der Waals surface area (Å²) in [6, 6.07) is 25.9. The third kappa shape index (κ3) is 4.03. The number of amides is 2. The maximum Gasteiger partial charge on any atom is 0.322 e. The molecule has 5 rings (SSSR count). The Morgan fingerprint density at radius 1 is 1.00 bits per heavy atom. The highest BCUT2D eigenvalue weighted by atomic mass is 35.5. The molecule has 1 aromatic heterocycles. The van der Waals surface area contributed by atoms with Crippen LogP contribution in [-0.2, 0) is 6.54 Å². The van der Waals surface area contributed by atoms with Gasteiger partial charge in [0.2, 0.25) is 0 Å². The molecule has 3 aromatic carbocycles. The molecule has 0 saturated heterocycles. The molecule has 0 unspecified atom stereocenters. The molecule has 0 aliphatic carbocycles. The fourth-order valence-electron chi connectivity index (χ4n) is 4.56. The summed E-state index contributed by atoms with van der Waals surface area (Å²) in [6.45, 7) is 2.44. The van der Waals surface area contributed by atoms with Crippen molar-refractivity contribution in [1.29, 1.82) is 0 Å². The first-order valence-electron chi connectivity index (χ1n) is 11.3. The van der Waals surface area contributed by atoms with Crippen molar-refractivity contribution in [3.05, 3.63) is 112 Å². The Kier molecular flexibility index (Phi) is 5.80. The van der Waals surface area contributed by atoms with E-state index in [1.165, 1.54) is 0 Å². The second-order valence-corrected chi connectivity index (χ2v) is 9.27. The first-order chi connectivity index (χ1) is 16.4.